The number of thiophene rings is 1. The molecule has 0 aliphatic heterocycles. The van der Waals surface area contributed by atoms with Crippen molar-refractivity contribution in [1.82, 2.24) is 9.97 Å². The van der Waals surface area contributed by atoms with Crippen LogP contribution in [0.25, 0.3) is 0 Å². The highest BCUT2D eigenvalue weighted by molar-refractivity contribution is 7.07. The topological polar surface area (TPSA) is 49.8 Å². The Balaban J connectivity index is 2.01. The highest BCUT2D eigenvalue weighted by Crippen LogP contribution is 2.14. The zero-order valence-electron chi connectivity index (χ0n) is 11.6. The van der Waals surface area contributed by atoms with Crippen LogP contribution in [0.4, 0.5) is 11.6 Å². The number of aromatic nitrogens is 2. The average molecular weight is 276 g/mol. The second kappa shape index (κ2) is 6.52. The molecule has 102 valence electrons. The van der Waals surface area contributed by atoms with Gasteiger partial charge in [0.1, 0.15) is 17.5 Å². The lowest BCUT2D eigenvalue weighted by Gasteiger charge is -2.15. The van der Waals surface area contributed by atoms with Crippen LogP contribution in [0.3, 0.4) is 0 Å². The van der Waals surface area contributed by atoms with E-state index in [0.29, 0.717) is 6.04 Å². The number of nitrogens with zero attached hydrogens (tertiary/aromatic N) is 2. The minimum atomic E-state index is 0.346. The number of aryl methyl sites for hydroxylation is 1. The molecule has 0 amide bonds. The van der Waals surface area contributed by atoms with E-state index in [1.165, 1.54) is 5.56 Å². The molecule has 0 bridgehead atoms. The molecule has 0 aliphatic rings. The molecule has 2 rings (SSSR count). The first-order valence-electron chi connectivity index (χ1n) is 6.54. The maximum Gasteiger partial charge on any atom is 0.132 e. The fourth-order valence-electron chi connectivity index (χ4n) is 1.98. The summed E-state index contributed by atoms with van der Waals surface area (Å²) >= 11 is 1.74. The van der Waals surface area contributed by atoms with Gasteiger partial charge in [0.05, 0.1) is 0 Å². The minimum Gasteiger partial charge on any atom is -0.370 e. The number of hydrogen-bond acceptors (Lipinski definition) is 5. The number of nitrogens with one attached hydrogen (secondary N) is 2. The summed E-state index contributed by atoms with van der Waals surface area (Å²) in [5.74, 6) is 2.54. The van der Waals surface area contributed by atoms with Crippen LogP contribution in [0.15, 0.2) is 22.9 Å². The van der Waals surface area contributed by atoms with Gasteiger partial charge in [-0.25, -0.2) is 9.97 Å². The van der Waals surface area contributed by atoms with Crippen molar-refractivity contribution in [3.8, 4) is 0 Å². The molecule has 0 spiro atoms. The summed E-state index contributed by atoms with van der Waals surface area (Å²) in [6.07, 6.45) is 1.00. The first kappa shape index (κ1) is 13.8. The van der Waals surface area contributed by atoms with Crippen LogP contribution >= 0.6 is 11.3 Å². The maximum atomic E-state index is 4.43. The summed E-state index contributed by atoms with van der Waals surface area (Å²) in [4.78, 5) is 8.77. The Hall–Kier alpha value is -1.62. The smallest absolute Gasteiger partial charge is 0.132 e. The van der Waals surface area contributed by atoms with Gasteiger partial charge in [0, 0.05) is 18.7 Å². The second-order valence-electron chi connectivity index (χ2n) is 4.60. The molecule has 2 heterocycles. The van der Waals surface area contributed by atoms with E-state index < -0.39 is 0 Å². The van der Waals surface area contributed by atoms with E-state index in [2.05, 4.69) is 51.3 Å². The number of rotatable bonds is 6. The molecule has 0 saturated carbocycles. The van der Waals surface area contributed by atoms with Crippen molar-refractivity contribution in [3.05, 3.63) is 34.3 Å². The van der Waals surface area contributed by atoms with Crippen LogP contribution in [0.2, 0.25) is 0 Å². The monoisotopic (exact) mass is 276 g/mol. The maximum absolute atomic E-state index is 4.43. The lowest BCUT2D eigenvalue weighted by molar-refractivity contribution is 0.784. The molecular formula is C14H20N4S. The molecule has 0 aliphatic carbocycles. The SMILES string of the molecule is CCNc1cc(NC(C)Cc2ccsc2)nc(C)n1. The van der Waals surface area contributed by atoms with E-state index in [1.54, 1.807) is 11.3 Å². The molecule has 0 saturated heterocycles. The summed E-state index contributed by atoms with van der Waals surface area (Å²) in [6, 6.07) is 4.47. The minimum absolute atomic E-state index is 0.346. The molecule has 1 atom stereocenters. The normalized spacial score (nSPS) is 12.2. The Bertz CT molecular complexity index is 510. The van der Waals surface area contributed by atoms with Gasteiger partial charge in [-0.3, -0.25) is 0 Å². The first-order valence-corrected chi connectivity index (χ1v) is 7.49. The van der Waals surface area contributed by atoms with Crippen LogP contribution in [-0.2, 0) is 6.42 Å². The van der Waals surface area contributed by atoms with E-state index in [9.17, 15) is 0 Å². The molecule has 0 aromatic carbocycles. The number of anilines is 2. The number of hydrogen-bond donors (Lipinski definition) is 2. The lowest BCUT2D eigenvalue weighted by Crippen LogP contribution is -2.19. The second-order valence-corrected chi connectivity index (χ2v) is 5.38. The third-order valence-corrected chi connectivity index (χ3v) is 3.44. The van der Waals surface area contributed by atoms with Gasteiger partial charge in [-0.2, -0.15) is 11.3 Å². The standard InChI is InChI=1S/C14H20N4S/c1-4-15-13-8-14(18-11(3)17-13)16-10(2)7-12-5-6-19-9-12/h5-6,8-10H,4,7H2,1-3H3,(H2,15,16,17,18). The highest BCUT2D eigenvalue weighted by atomic mass is 32.1. The predicted molar refractivity (Wildman–Crippen MR) is 82.0 cm³/mol. The van der Waals surface area contributed by atoms with Crippen LogP contribution < -0.4 is 10.6 Å². The van der Waals surface area contributed by atoms with Gasteiger partial charge in [-0.05, 0) is 49.6 Å². The third kappa shape index (κ3) is 4.21. The van der Waals surface area contributed by atoms with Crippen molar-refractivity contribution in [2.24, 2.45) is 0 Å². The van der Waals surface area contributed by atoms with Crippen LogP contribution in [0.5, 0.6) is 0 Å². The fourth-order valence-corrected chi connectivity index (χ4v) is 2.66. The Morgan fingerprint density at radius 3 is 2.79 bits per heavy atom. The Kier molecular flexibility index (Phi) is 4.74. The van der Waals surface area contributed by atoms with Crippen LogP contribution in [0.1, 0.15) is 25.2 Å². The van der Waals surface area contributed by atoms with E-state index in [0.717, 1.165) is 30.4 Å². The molecule has 19 heavy (non-hydrogen) atoms. The van der Waals surface area contributed by atoms with Crippen molar-refractivity contribution in [1.29, 1.82) is 0 Å². The summed E-state index contributed by atoms with van der Waals surface area (Å²) in [7, 11) is 0. The Labute approximate surface area is 118 Å². The van der Waals surface area contributed by atoms with Gasteiger partial charge in [0.25, 0.3) is 0 Å². The molecule has 2 N–H and O–H groups in total. The first-order chi connectivity index (χ1) is 9.17. The van der Waals surface area contributed by atoms with Gasteiger partial charge >= 0.3 is 0 Å². The molecule has 2 aromatic heterocycles. The third-order valence-electron chi connectivity index (χ3n) is 2.71. The van der Waals surface area contributed by atoms with Crippen LogP contribution in [0, 0.1) is 6.92 Å². The van der Waals surface area contributed by atoms with Gasteiger partial charge in [-0.1, -0.05) is 0 Å². The van der Waals surface area contributed by atoms with Gasteiger partial charge in [-0.15, -0.1) is 0 Å². The van der Waals surface area contributed by atoms with Gasteiger partial charge < -0.3 is 10.6 Å². The lowest BCUT2D eigenvalue weighted by atomic mass is 10.1. The van der Waals surface area contributed by atoms with E-state index >= 15 is 0 Å². The van der Waals surface area contributed by atoms with Gasteiger partial charge in [0.2, 0.25) is 0 Å². The summed E-state index contributed by atoms with van der Waals surface area (Å²) in [5.41, 5.74) is 1.36. The predicted octanol–water partition coefficient (Wildman–Crippen LogP) is 3.32. The highest BCUT2D eigenvalue weighted by Gasteiger charge is 2.07. The molecular weight excluding hydrogens is 256 g/mol. The molecule has 2 aromatic rings. The largest absolute Gasteiger partial charge is 0.370 e. The molecule has 4 nitrogen and oxygen atoms in total. The quantitative estimate of drug-likeness (QED) is 0.850. The fraction of sp³-hybridized carbons (Fsp3) is 0.429. The zero-order valence-corrected chi connectivity index (χ0v) is 12.4. The molecule has 1 unspecified atom stereocenters. The van der Waals surface area contributed by atoms with Crippen molar-refractivity contribution in [3.63, 3.8) is 0 Å². The van der Waals surface area contributed by atoms with Crippen molar-refractivity contribution in [2.45, 2.75) is 33.2 Å². The molecule has 0 fully saturated rings. The molecule has 5 heteroatoms. The zero-order chi connectivity index (χ0) is 13.7. The van der Waals surface area contributed by atoms with E-state index in [-0.39, 0.29) is 0 Å². The van der Waals surface area contributed by atoms with Crippen molar-refractivity contribution >= 4 is 23.0 Å². The van der Waals surface area contributed by atoms with Crippen molar-refractivity contribution in [2.75, 3.05) is 17.2 Å². The van der Waals surface area contributed by atoms with Gasteiger partial charge in [0.15, 0.2) is 0 Å². The average Bonchev–Trinajstić information content (AvgIpc) is 2.81. The Morgan fingerprint density at radius 1 is 1.32 bits per heavy atom. The van der Waals surface area contributed by atoms with Crippen LogP contribution in [-0.4, -0.2) is 22.6 Å². The van der Waals surface area contributed by atoms with E-state index in [4.69, 9.17) is 0 Å². The van der Waals surface area contributed by atoms with Crippen molar-refractivity contribution < 1.29 is 0 Å². The summed E-state index contributed by atoms with van der Waals surface area (Å²) in [5, 5.41) is 11.0. The summed E-state index contributed by atoms with van der Waals surface area (Å²) < 4.78 is 0. The Morgan fingerprint density at radius 2 is 2.11 bits per heavy atom. The van der Waals surface area contributed by atoms with E-state index in [1.807, 2.05) is 13.0 Å². The molecule has 0 radical (unpaired) electrons. The summed E-state index contributed by atoms with van der Waals surface area (Å²) in [6.45, 7) is 7.00.